The molecule has 1 aromatic heterocycles. The van der Waals surface area contributed by atoms with E-state index in [1.807, 2.05) is 6.07 Å². The van der Waals surface area contributed by atoms with E-state index in [-0.39, 0.29) is 12.4 Å². The van der Waals surface area contributed by atoms with Crippen molar-refractivity contribution < 1.29 is 9.53 Å². The van der Waals surface area contributed by atoms with Crippen molar-refractivity contribution in [1.82, 2.24) is 10.2 Å². The van der Waals surface area contributed by atoms with Gasteiger partial charge in [0.05, 0.1) is 0 Å². The summed E-state index contributed by atoms with van der Waals surface area (Å²) in [4.78, 5) is 10.5. The number of anilines is 1. The van der Waals surface area contributed by atoms with Gasteiger partial charge < -0.3 is 16.2 Å². The molecule has 19 heavy (non-hydrogen) atoms. The second-order valence-electron chi connectivity index (χ2n) is 3.78. The van der Waals surface area contributed by atoms with E-state index in [1.165, 1.54) is 0 Å². The predicted octanol–water partition coefficient (Wildman–Crippen LogP) is 1.13. The van der Waals surface area contributed by atoms with Gasteiger partial charge in [0.15, 0.2) is 0 Å². The second kappa shape index (κ2) is 5.10. The Labute approximate surface area is 108 Å². The summed E-state index contributed by atoms with van der Waals surface area (Å²) in [5.74, 6) is 0.235. The number of nitrogens with two attached hydrogens (primary N) is 2. The van der Waals surface area contributed by atoms with E-state index in [4.69, 9.17) is 16.7 Å². The lowest BCUT2D eigenvalue weighted by molar-refractivity contribution is 0.150. The molecular formula is C12H11N5O2. The van der Waals surface area contributed by atoms with E-state index in [9.17, 15) is 4.79 Å². The van der Waals surface area contributed by atoms with Crippen LogP contribution in [0.4, 0.5) is 10.6 Å². The number of benzene rings is 1. The number of aromatic amines is 1. The number of hydrogen-bond donors (Lipinski definition) is 3. The summed E-state index contributed by atoms with van der Waals surface area (Å²) in [5.41, 5.74) is 12.8. The summed E-state index contributed by atoms with van der Waals surface area (Å²) in [5, 5.41) is 15.5. The molecule has 0 saturated heterocycles. The van der Waals surface area contributed by atoms with Gasteiger partial charge in [-0.3, -0.25) is 5.10 Å². The number of amides is 1. The first-order valence-corrected chi connectivity index (χ1v) is 5.37. The highest BCUT2D eigenvalue weighted by molar-refractivity contribution is 5.72. The van der Waals surface area contributed by atoms with Gasteiger partial charge in [0.25, 0.3) is 0 Å². The number of nitrogen functional groups attached to an aromatic ring is 1. The molecule has 96 valence electrons. The summed E-state index contributed by atoms with van der Waals surface area (Å²) >= 11 is 0. The number of ether oxygens (including phenoxy) is 1. The van der Waals surface area contributed by atoms with Crippen LogP contribution in [0.5, 0.6) is 0 Å². The number of nitrogens with one attached hydrogen (secondary N) is 1. The number of carbonyl (C=O) groups is 1. The maximum Gasteiger partial charge on any atom is 0.404 e. The van der Waals surface area contributed by atoms with Crippen molar-refractivity contribution in [2.24, 2.45) is 5.73 Å². The maximum atomic E-state index is 10.5. The molecule has 1 amide bonds. The highest BCUT2D eigenvalue weighted by Crippen LogP contribution is 2.24. The molecule has 0 unspecified atom stereocenters. The fourth-order valence-corrected chi connectivity index (χ4v) is 1.59. The molecule has 0 aliphatic heterocycles. The first-order valence-electron chi connectivity index (χ1n) is 5.37. The summed E-state index contributed by atoms with van der Waals surface area (Å²) in [6, 6.07) is 9.02. The van der Waals surface area contributed by atoms with Crippen LogP contribution in [-0.2, 0) is 11.3 Å². The van der Waals surface area contributed by atoms with E-state index in [2.05, 4.69) is 14.9 Å². The fourth-order valence-electron chi connectivity index (χ4n) is 1.59. The summed E-state index contributed by atoms with van der Waals surface area (Å²) in [6.45, 7) is 0.101. The average molecular weight is 257 g/mol. The Morgan fingerprint density at radius 1 is 1.42 bits per heavy atom. The minimum absolute atomic E-state index is 0.101. The fraction of sp³-hybridized carbons (Fsp3) is 0.0833. The third-order valence-electron chi connectivity index (χ3n) is 2.51. The van der Waals surface area contributed by atoms with E-state index in [1.54, 1.807) is 24.3 Å². The highest BCUT2D eigenvalue weighted by atomic mass is 16.5. The highest BCUT2D eigenvalue weighted by Gasteiger charge is 2.12. The molecule has 0 fully saturated rings. The molecule has 0 saturated carbocycles. The van der Waals surface area contributed by atoms with Crippen molar-refractivity contribution in [1.29, 1.82) is 5.26 Å². The van der Waals surface area contributed by atoms with Crippen LogP contribution < -0.4 is 11.5 Å². The van der Waals surface area contributed by atoms with E-state index < -0.39 is 6.09 Å². The number of nitrogens with zero attached hydrogens (tertiary/aromatic N) is 2. The summed E-state index contributed by atoms with van der Waals surface area (Å²) in [6.07, 6.45) is -0.823. The third-order valence-corrected chi connectivity index (χ3v) is 2.51. The van der Waals surface area contributed by atoms with Crippen molar-refractivity contribution in [3.63, 3.8) is 0 Å². The zero-order valence-electron chi connectivity index (χ0n) is 9.88. The molecule has 1 aromatic carbocycles. The first-order chi connectivity index (χ1) is 9.11. The van der Waals surface area contributed by atoms with Crippen molar-refractivity contribution in [2.75, 3.05) is 5.73 Å². The average Bonchev–Trinajstić information content (AvgIpc) is 2.78. The number of nitriles is 1. The number of hydrogen-bond acceptors (Lipinski definition) is 5. The minimum atomic E-state index is -0.823. The smallest absolute Gasteiger partial charge is 0.404 e. The van der Waals surface area contributed by atoms with Gasteiger partial charge in [-0.25, -0.2) is 4.79 Å². The third kappa shape index (κ3) is 2.63. The second-order valence-corrected chi connectivity index (χ2v) is 3.78. The van der Waals surface area contributed by atoms with Gasteiger partial charge in [0, 0.05) is 5.56 Å². The zero-order chi connectivity index (χ0) is 13.8. The van der Waals surface area contributed by atoms with Crippen molar-refractivity contribution >= 4 is 11.9 Å². The molecule has 0 aliphatic rings. The normalized spacial score (nSPS) is 9.84. The molecule has 0 atom stereocenters. The van der Waals surface area contributed by atoms with Gasteiger partial charge in [-0.1, -0.05) is 24.3 Å². The van der Waals surface area contributed by atoms with Crippen molar-refractivity contribution in [2.45, 2.75) is 6.61 Å². The number of rotatable bonds is 3. The van der Waals surface area contributed by atoms with E-state index in [0.29, 0.717) is 11.3 Å². The molecule has 7 heteroatoms. The van der Waals surface area contributed by atoms with Crippen molar-refractivity contribution in [3.05, 3.63) is 35.4 Å². The number of aromatic nitrogens is 2. The molecule has 7 nitrogen and oxygen atoms in total. The predicted molar refractivity (Wildman–Crippen MR) is 67.5 cm³/mol. The first kappa shape index (κ1) is 12.4. The lowest BCUT2D eigenvalue weighted by Gasteiger charge is -2.03. The largest absolute Gasteiger partial charge is 0.445 e. The quantitative estimate of drug-likeness (QED) is 0.758. The summed E-state index contributed by atoms with van der Waals surface area (Å²) < 4.78 is 4.67. The van der Waals surface area contributed by atoms with Gasteiger partial charge in [-0.05, 0) is 5.56 Å². The van der Waals surface area contributed by atoms with Crippen molar-refractivity contribution in [3.8, 4) is 17.3 Å². The molecule has 0 aliphatic carbocycles. The van der Waals surface area contributed by atoms with Crippen LogP contribution in [0.1, 0.15) is 11.1 Å². The topological polar surface area (TPSA) is 131 Å². The Bertz CT molecular complexity index is 639. The van der Waals surface area contributed by atoms with Gasteiger partial charge >= 0.3 is 6.09 Å². The Morgan fingerprint density at radius 3 is 2.68 bits per heavy atom. The Morgan fingerprint density at radius 2 is 2.11 bits per heavy atom. The minimum Gasteiger partial charge on any atom is -0.445 e. The van der Waals surface area contributed by atoms with E-state index in [0.717, 1.165) is 11.1 Å². The molecule has 2 rings (SSSR count). The van der Waals surface area contributed by atoms with E-state index >= 15 is 0 Å². The van der Waals surface area contributed by atoms with Crippen LogP contribution in [-0.4, -0.2) is 16.3 Å². The standard InChI is InChI=1S/C12H11N5O2/c13-5-9-10(16-17-11(9)14)8-3-1-7(2-4-8)6-19-12(15)18/h1-4H,6H2,(H2,15,18)(H3,14,16,17). The molecule has 0 bridgehead atoms. The summed E-state index contributed by atoms with van der Waals surface area (Å²) in [7, 11) is 0. The number of H-pyrrole nitrogens is 1. The molecule has 0 radical (unpaired) electrons. The lowest BCUT2D eigenvalue weighted by Crippen LogP contribution is -2.12. The monoisotopic (exact) mass is 257 g/mol. The number of primary amides is 1. The van der Waals surface area contributed by atoms with Crippen LogP contribution in [0.3, 0.4) is 0 Å². The molecule has 1 heterocycles. The molecule has 2 aromatic rings. The molecule has 5 N–H and O–H groups in total. The Balaban J connectivity index is 2.23. The zero-order valence-corrected chi connectivity index (χ0v) is 9.88. The molecular weight excluding hydrogens is 246 g/mol. The SMILES string of the molecule is N#Cc1c(-c2ccc(COC(N)=O)cc2)n[nH]c1N. The van der Waals surface area contributed by atoms with Crippen LogP contribution in [0.15, 0.2) is 24.3 Å². The van der Waals surface area contributed by atoms with Gasteiger partial charge in [-0.2, -0.15) is 10.4 Å². The van der Waals surface area contributed by atoms with Crippen LogP contribution >= 0.6 is 0 Å². The van der Waals surface area contributed by atoms with Crippen LogP contribution in [0.25, 0.3) is 11.3 Å². The Kier molecular flexibility index (Phi) is 3.34. The molecule has 0 spiro atoms. The lowest BCUT2D eigenvalue weighted by atomic mass is 10.1. The van der Waals surface area contributed by atoms with Gasteiger partial charge in [0.2, 0.25) is 0 Å². The van der Waals surface area contributed by atoms with Crippen LogP contribution in [0.2, 0.25) is 0 Å². The number of carbonyl (C=O) groups excluding carboxylic acids is 1. The maximum absolute atomic E-state index is 10.5. The Hall–Kier alpha value is -3.01. The van der Waals surface area contributed by atoms with Gasteiger partial charge in [-0.15, -0.1) is 0 Å². The van der Waals surface area contributed by atoms with Crippen LogP contribution in [0, 0.1) is 11.3 Å². The van der Waals surface area contributed by atoms with Gasteiger partial charge in [0.1, 0.15) is 29.8 Å².